The third-order valence-corrected chi connectivity index (χ3v) is 6.03. The van der Waals surface area contributed by atoms with Crippen LogP contribution in [0, 0.1) is 5.82 Å². The molecule has 4 heterocycles. The van der Waals surface area contributed by atoms with Gasteiger partial charge in [0.25, 0.3) is 0 Å². The van der Waals surface area contributed by atoms with Crippen LogP contribution in [-0.4, -0.2) is 45.2 Å². The van der Waals surface area contributed by atoms with Crippen molar-refractivity contribution in [1.29, 1.82) is 0 Å². The van der Waals surface area contributed by atoms with Crippen molar-refractivity contribution < 1.29 is 13.7 Å². The number of aromatic nitrogens is 5. The molecule has 9 heteroatoms. The van der Waals surface area contributed by atoms with E-state index in [0.717, 1.165) is 42.5 Å². The molecule has 0 amide bonds. The van der Waals surface area contributed by atoms with Crippen LogP contribution in [0.4, 0.5) is 10.2 Å². The molecule has 1 saturated heterocycles. The molecule has 8 nitrogen and oxygen atoms in total. The minimum atomic E-state index is -0.322. The van der Waals surface area contributed by atoms with Gasteiger partial charge in [0.1, 0.15) is 18.1 Å². The fourth-order valence-corrected chi connectivity index (χ4v) is 4.47. The van der Waals surface area contributed by atoms with Gasteiger partial charge in [-0.15, -0.1) is 15.3 Å². The van der Waals surface area contributed by atoms with Gasteiger partial charge in [-0.25, -0.2) is 4.39 Å². The van der Waals surface area contributed by atoms with Gasteiger partial charge >= 0.3 is 0 Å². The van der Waals surface area contributed by atoms with E-state index in [1.807, 2.05) is 18.2 Å². The number of ether oxygens (including phenoxy) is 1. The zero-order chi connectivity index (χ0) is 22.4. The van der Waals surface area contributed by atoms with E-state index in [0.29, 0.717) is 34.1 Å². The Hall–Kier alpha value is -3.85. The molecule has 3 aromatic heterocycles. The highest BCUT2D eigenvalue weighted by atomic mass is 19.1. The number of benzene rings is 2. The van der Waals surface area contributed by atoms with Gasteiger partial charge in [0.2, 0.25) is 0 Å². The lowest BCUT2D eigenvalue weighted by molar-refractivity contribution is 0.156. The molecule has 0 saturated carbocycles. The summed E-state index contributed by atoms with van der Waals surface area (Å²) in [6, 6.07) is 14.2. The Kier molecular flexibility index (Phi) is 4.76. The van der Waals surface area contributed by atoms with Crippen LogP contribution in [0.25, 0.3) is 39.1 Å². The number of rotatable bonds is 5. The number of fused-ring (bicyclic) bond motifs is 3. The number of anilines is 1. The molecule has 0 atom stereocenters. The maximum Gasteiger partial charge on any atom is 0.191 e. The third kappa shape index (κ3) is 3.23. The van der Waals surface area contributed by atoms with Gasteiger partial charge in [-0.05, 0) is 37.1 Å². The molecule has 6 rings (SSSR count). The van der Waals surface area contributed by atoms with Gasteiger partial charge in [0.05, 0.1) is 5.56 Å². The molecule has 1 fully saturated rings. The molecule has 0 aliphatic carbocycles. The lowest BCUT2D eigenvalue weighted by Crippen LogP contribution is -2.20. The van der Waals surface area contributed by atoms with Crippen LogP contribution in [0.15, 0.2) is 53.1 Å². The molecule has 0 N–H and O–H groups in total. The van der Waals surface area contributed by atoms with Crippen LogP contribution in [-0.2, 0) is 11.3 Å². The smallest absolute Gasteiger partial charge is 0.191 e. The van der Waals surface area contributed by atoms with Crippen LogP contribution in [0.1, 0.15) is 18.6 Å². The predicted octanol–water partition coefficient (Wildman–Crippen LogP) is 4.49. The Labute approximate surface area is 188 Å². The van der Waals surface area contributed by atoms with Crippen molar-refractivity contribution >= 4 is 22.2 Å². The Bertz CT molecular complexity index is 1450. The summed E-state index contributed by atoms with van der Waals surface area (Å²) in [5.41, 5.74) is 2.52. The van der Waals surface area contributed by atoms with Crippen molar-refractivity contribution in [2.75, 3.05) is 25.1 Å². The van der Waals surface area contributed by atoms with Gasteiger partial charge in [0, 0.05) is 36.5 Å². The van der Waals surface area contributed by atoms with Crippen LogP contribution < -0.4 is 4.90 Å². The van der Waals surface area contributed by atoms with Gasteiger partial charge in [-0.3, -0.25) is 0 Å². The fraction of sp³-hybridized carbons (Fsp3) is 0.250. The van der Waals surface area contributed by atoms with Gasteiger partial charge < -0.3 is 14.2 Å². The first kappa shape index (κ1) is 19.8. The second kappa shape index (κ2) is 7.93. The fourth-order valence-electron chi connectivity index (χ4n) is 4.47. The Morgan fingerprint density at radius 1 is 1.00 bits per heavy atom. The van der Waals surface area contributed by atoms with Gasteiger partial charge in [-0.2, -0.15) is 4.52 Å². The zero-order valence-electron chi connectivity index (χ0n) is 18.0. The molecular weight excluding hydrogens is 423 g/mol. The molecule has 2 aromatic carbocycles. The number of nitrogens with zero attached hydrogens (tertiary/aromatic N) is 6. The summed E-state index contributed by atoms with van der Waals surface area (Å²) in [5, 5.41) is 20.3. The van der Waals surface area contributed by atoms with Crippen molar-refractivity contribution in [2.45, 2.75) is 19.4 Å². The summed E-state index contributed by atoms with van der Waals surface area (Å²) < 4.78 is 26.3. The van der Waals surface area contributed by atoms with E-state index < -0.39 is 0 Å². The van der Waals surface area contributed by atoms with E-state index in [1.54, 1.807) is 23.8 Å². The van der Waals surface area contributed by atoms with Crippen molar-refractivity contribution in [1.82, 2.24) is 25.0 Å². The van der Waals surface area contributed by atoms with Crippen molar-refractivity contribution in [3.05, 3.63) is 60.1 Å². The standard InChI is InChI=1S/C24H21FN6O2/c1-32-14-19-20(21(29-33-19)15-8-10-16(25)11-9-15)24-27-26-22-17-6-2-3-7-18(17)23(28-31(22)24)30-12-4-5-13-30/h2-3,6-11H,4-5,12-14H2,1H3. The first-order valence-corrected chi connectivity index (χ1v) is 10.9. The maximum absolute atomic E-state index is 13.5. The number of hydrogen-bond donors (Lipinski definition) is 0. The van der Waals surface area contributed by atoms with Crippen molar-refractivity contribution in [3.63, 3.8) is 0 Å². The average molecular weight is 444 g/mol. The molecule has 5 aromatic rings. The average Bonchev–Trinajstić information content (AvgIpc) is 3.59. The van der Waals surface area contributed by atoms with Gasteiger partial charge in [-0.1, -0.05) is 29.4 Å². The van der Waals surface area contributed by atoms with E-state index >= 15 is 0 Å². The van der Waals surface area contributed by atoms with E-state index in [4.69, 9.17) is 14.4 Å². The molecule has 0 radical (unpaired) electrons. The summed E-state index contributed by atoms with van der Waals surface area (Å²) in [5.74, 6) is 1.59. The number of halogens is 1. The summed E-state index contributed by atoms with van der Waals surface area (Å²) in [6.07, 6.45) is 2.28. The highest BCUT2D eigenvalue weighted by molar-refractivity contribution is 6.00. The molecule has 166 valence electrons. The van der Waals surface area contributed by atoms with Crippen molar-refractivity contribution in [3.8, 4) is 22.6 Å². The summed E-state index contributed by atoms with van der Waals surface area (Å²) in [4.78, 5) is 2.30. The summed E-state index contributed by atoms with van der Waals surface area (Å²) >= 11 is 0. The molecule has 0 bridgehead atoms. The Morgan fingerprint density at radius 3 is 2.52 bits per heavy atom. The highest BCUT2D eigenvalue weighted by Gasteiger charge is 2.27. The number of methoxy groups -OCH3 is 1. The van der Waals surface area contributed by atoms with Crippen LogP contribution in [0.3, 0.4) is 0 Å². The molecule has 0 spiro atoms. The Morgan fingerprint density at radius 2 is 1.76 bits per heavy atom. The van der Waals surface area contributed by atoms with Crippen LogP contribution in [0.5, 0.6) is 0 Å². The van der Waals surface area contributed by atoms with E-state index in [-0.39, 0.29) is 12.4 Å². The minimum Gasteiger partial charge on any atom is -0.377 e. The van der Waals surface area contributed by atoms with Crippen LogP contribution in [0.2, 0.25) is 0 Å². The third-order valence-electron chi connectivity index (χ3n) is 6.03. The molecule has 0 unspecified atom stereocenters. The predicted molar refractivity (Wildman–Crippen MR) is 121 cm³/mol. The van der Waals surface area contributed by atoms with E-state index in [2.05, 4.69) is 26.3 Å². The second-order valence-electron chi connectivity index (χ2n) is 8.09. The SMILES string of the molecule is COCc1onc(-c2ccc(F)cc2)c1-c1nnc2c3ccccc3c(N3CCCC3)nn12. The van der Waals surface area contributed by atoms with Gasteiger partial charge in [0.15, 0.2) is 23.0 Å². The molecule has 1 aliphatic rings. The molecular formula is C24H21FN6O2. The normalized spacial score (nSPS) is 14.1. The monoisotopic (exact) mass is 444 g/mol. The molecule has 1 aliphatic heterocycles. The van der Waals surface area contributed by atoms with E-state index in [1.165, 1.54) is 12.1 Å². The second-order valence-corrected chi connectivity index (χ2v) is 8.09. The Balaban J connectivity index is 1.62. The summed E-state index contributed by atoms with van der Waals surface area (Å²) in [7, 11) is 1.59. The lowest BCUT2D eigenvalue weighted by atomic mass is 10.1. The molecule has 33 heavy (non-hydrogen) atoms. The first-order chi connectivity index (χ1) is 16.2. The lowest BCUT2D eigenvalue weighted by Gasteiger charge is -2.18. The topological polar surface area (TPSA) is 81.6 Å². The van der Waals surface area contributed by atoms with E-state index in [9.17, 15) is 4.39 Å². The first-order valence-electron chi connectivity index (χ1n) is 10.9. The highest BCUT2D eigenvalue weighted by Crippen LogP contribution is 2.36. The zero-order valence-corrected chi connectivity index (χ0v) is 18.0. The summed E-state index contributed by atoms with van der Waals surface area (Å²) in [6.45, 7) is 2.12. The van der Waals surface area contributed by atoms with Crippen molar-refractivity contribution in [2.24, 2.45) is 0 Å². The quantitative estimate of drug-likeness (QED) is 0.395. The minimum absolute atomic E-state index is 0.199. The largest absolute Gasteiger partial charge is 0.377 e. The van der Waals surface area contributed by atoms with Crippen LogP contribution >= 0.6 is 0 Å². The maximum atomic E-state index is 13.5. The number of hydrogen-bond acceptors (Lipinski definition) is 7.